The Balaban J connectivity index is 2.35. The van der Waals surface area contributed by atoms with E-state index in [2.05, 4.69) is 10.2 Å². The maximum Gasteiger partial charge on any atom is 0.434 e. The fourth-order valence-corrected chi connectivity index (χ4v) is 2.37. The standard InChI is InChI=1S/C14H11F3N4O/c1-8-3-4-11(12-5-6-18-20(8)12)21-13(14(15,16)17)10(7-19-21)9(2)22/h3-7H,1-2H3. The van der Waals surface area contributed by atoms with Crippen LogP contribution in [0.5, 0.6) is 0 Å². The quantitative estimate of drug-likeness (QED) is 0.684. The van der Waals surface area contributed by atoms with E-state index in [0.717, 1.165) is 23.5 Å². The summed E-state index contributed by atoms with van der Waals surface area (Å²) < 4.78 is 42.3. The van der Waals surface area contributed by atoms with Crippen LogP contribution in [0, 0.1) is 6.92 Å². The van der Waals surface area contributed by atoms with Crippen molar-refractivity contribution in [3.05, 3.63) is 47.5 Å². The minimum atomic E-state index is -4.70. The molecule has 0 saturated heterocycles. The first-order valence-corrected chi connectivity index (χ1v) is 6.40. The molecular formula is C14H11F3N4O. The molecule has 5 nitrogen and oxygen atoms in total. The zero-order valence-corrected chi connectivity index (χ0v) is 11.7. The van der Waals surface area contributed by atoms with Crippen LogP contribution >= 0.6 is 0 Å². The molecule has 114 valence electrons. The summed E-state index contributed by atoms with van der Waals surface area (Å²) in [6.07, 6.45) is -2.26. The Kier molecular flexibility index (Phi) is 3.05. The molecule has 3 aromatic rings. The number of hydrogen-bond acceptors (Lipinski definition) is 3. The maximum atomic E-state index is 13.4. The second-order valence-electron chi connectivity index (χ2n) is 4.86. The van der Waals surface area contributed by atoms with Gasteiger partial charge in [0.2, 0.25) is 0 Å². The Morgan fingerprint density at radius 2 is 1.91 bits per heavy atom. The molecule has 0 aliphatic carbocycles. The predicted octanol–water partition coefficient (Wildman–Crippen LogP) is 3.05. The zero-order chi connectivity index (χ0) is 16.1. The van der Waals surface area contributed by atoms with Gasteiger partial charge in [-0.2, -0.15) is 23.4 Å². The summed E-state index contributed by atoms with van der Waals surface area (Å²) in [6.45, 7) is 2.87. The molecule has 3 aromatic heterocycles. The van der Waals surface area contributed by atoms with Crippen LogP contribution in [-0.4, -0.2) is 25.2 Å². The molecule has 3 rings (SSSR count). The molecule has 0 spiro atoms. The minimum Gasteiger partial charge on any atom is -0.294 e. The van der Waals surface area contributed by atoms with Crippen LogP contribution in [0.15, 0.2) is 30.6 Å². The summed E-state index contributed by atoms with van der Waals surface area (Å²) in [5.41, 5.74) is -0.0689. The highest BCUT2D eigenvalue weighted by atomic mass is 19.4. The van der Waals surface area contributed by atoms with Crippen molar-refractivity contribution in [3.8, 4) is 5.69 Å². The number of aryl methyl sites for hydroxylation is 1. The van der Waals surface area contributed by atoms with Crippen molar-refractivity contribution in [3.63, 3.8) is 0 Å². The van der Waals surface area contributed by atoms with E-state index in [9.17, 15) is 18.0 Å². The van der Waals surface area contributed by atoms with E-state index < -0.39 is 23.2 Å². The van der Waals surface area contributed by atoms with E-state index in [0.29, 0.717) is 5.52 Å². The van der Waals surface area contributed by atoms with Gasteiger partial charge in [-0.25, -0.2) is 9.20 Å². The molecule has 0 atom stereocenters. The molecule has 0 aliphatic rings. The molecule has 0 radical (unpaired) electrons. The van der Waals surface area contributed by atoms with Gasteiger partial charge in [-0.1, -0.05) is 0 Å². The van der Waals surface area contributed by atoms with Crippen molar-refractivity contribution in [1.29, 1.82) is 0 Å². The van der Waals surface area contributed by atoms with Gasteiger partial charge in [0.05, 0.1) is 29.2 Å². The Hall–Kier alpha value is -2.64. The van der Waals surface area contributed by atoms with E-state index in [1.54, 1.807) is 19.1 Å². The maximum absolute atomic E-state index is 13.4. The lowest BCUT2D eigenvalue weighted by atomic mass is 10.1. The third kappa shape index (κ3) is 2.07. The predicted molar refractivity (Wildman–Crippen MR) is 72.1 cm³/mol. The molecule has 0 aromatic carbocycles. The van der Waals surface area contributed by atoms with Crippen LogP contribution in [0.4, 0.5) is 13.2 Å². The van der Waals surface area contributed by atoms with E-state index in [1.165, 1.54) is 16.8 Å². The van der Waals surface area contributed by atoms with Crippen molar-refractivity contribution in [2.24, 2.45) is 0 Å². The SMILES string of the molecule is CC(=O)c1cnn(-c2ccc(C)n3nccc23)c1C(F)(F)F. The molecule has 0 aliphatic heterocycles. The van der Waals surface area contributed by atoms with Gasteiger partial charge in [0.1, 0.15) is 0 Å². The van der Waals surface area contributed by atoms with Crippen LogP contribution < -0.4 is 0 Å². The number of pyridine rings is 1. The summed E-state index contributed by atoms with van der Waals surface area (Å²) in [6, 6.07) is 4.76. The summed E-state index contributed by atoms with van der Waals surface area (Å²) in [4.78, 5) is 11.5. The first kappa shape index (κ1) is 14.3. The normalized spacial score (nSPS) is 12.0. The van der Waals surface area contributed by atoms with Gasteiger partial charge in [-0.3, -0.25) is 4.79 Å². The molecule has 0 unspecified atom stereocenters. The lowest BCUT2D eigenvalue weighted by Gasteiger charge is -2.13. The van der Waals surface area contributed by atoms with Crippen LogP contribution in [0.3, 0.4) is 0 Å². The summed E-state index contributed by atoms with van der Waals surface area (Å²) in [7, 11) is 0. The fraction of sp³-hybridized carbons (Fsp3) is 0.214. The monoisotopic (exact) mass is 308 g/mol. The average Bonchev–Trinajstić information content (AvgIpc) is 3.05. The van der Waals surface area contributed by atoms with Crippen molar-refractivity contribution >= 4 is 11.3 Å². The number of aromatic nitrogens is 4. The van der Waals surface area contributed by atoms with Gasteiger partial charge in [0, 0.05) is 5.69 Å². The van der Waals surface area contributed by atoms with Gasteiger partial charge in [-0.15, -0.1) is 0 Å². The fourth-order valence-electron chi connectivity index (χ4n) is 2.37. The number of carbonyl (C=O) groups excluding carboxylic acids is 1. The van der Waals surface area contributed by atoms with Gasteiger partial charge in [0.15, 0.2) is 11.5 Å². The topological polar surface area (TPSA) is 52.2 Å². The van der Waals surface area contributed by atoms with Gasteiger partial charge in [0.25, 0.3) is 0 Å². The molecular weight excluding hydrogens is 297 g/mol. The molecule has 22 heavy (non-hydrogen) atoms. The minimum absolute atomic E-state index is 0.211. The summed E-state index contributed by atoms with van der Waals surface area (Å²) in [5, 5.41) is 7.83. The lowest BCUT2D eigenvalue weighted by Crippen LogP contribution is -2.17. The van der Waals surface area contributed by atoms with Gasteiger partial charge < -0.3 is 0 Å². The van der Waals surface area contributed by atoms with Crippen LogP contribution in [-0.2, 0) is 6.18 Å². The van der Waals surface area contributed by atoms with Crippen LogP contribution in [0.25, 0.3) is 11.2 Å². The van der Waals surface area contributed by atoms with E-state index in [4.69, 9.17) is 0 Å². The number of Topliss-reactive ketones (excluding diaryl/α,β-unsaturated/α-hetero) is 1. The number of nitrogens with zero attached hydrogens (tertiary/aromatic N) is 4. The third-order valence-electron chi connectivity index (χ3n) is 3.37. The Labute approximate surface area is 123 Å². The van der Waals surface area contributed by atoms with Crippen LogP contribution in [0.2, 0.25) is 0 Å². The lowest BCUT2D eigenvalue weighted by molar-refractivity contribution is -0.143. The van der Waals surface area contributed by atoms with Crippen molar-refractivity contribution in [1.82, 2.24) is 19.4 Å². The second-order valence-corrected chi connectivity index (χ2v) is 4.86. The van der Waals surface area contributed by atoms with Crippen molar-refractivity contribution < 1.29 is 18.0 Å². The highest BCUT2D eigenvalue weighted by Crippen LogP contribution is 2.34. The highest BCUT2D eigenvalue weighted by molar-refractivity contribution is 5.95. The van der Waals surface area contributed by atoms with E-state index in [-0.39, 0.29) is 5.69 Å². The molecule has 0 fully saturated rings. The molecule has 0 N–H and O–H groups in total. The van der Waals surface area contributed by atoms with Crippen molar-refractivity contribution in [2.45, 2.75) is 20.0 Å². The first-order valence-electron chi connectivity index (χ1n) is 6.40. The number of alkyl halides is 3. The zero-order valence-electron chi connectivity index (χ0n) is 11.7. The highest BCUT2D eigenvalue weighted by Gasteiger charge is 2.40. The van der Waals surface area contributed by atoms with E-state index >= 15 is 0 Å². The average molecular weight is 308 g/mol. The summed E-state index contributed by atoms with van der Waals surface area (Å²) in [5.74, 6) is -0.685. The molecule has 0 bridgehead atoms. The first-order chi connectivity index (χ1) is 10.3. The number of halogens is 3. The number of rotatable bonds is 2. The third-order valence-corrected chi connectivity index (χ3v) is 3.37. The van der Waals surface area contributed by atoms with Gasteiger partial charge >= 0.3 is 6.18 Å². The smallest absolute Gasteiger partial charge is 0.294 e. The molecule has 8 heteroatoms. The number of ketones is 1. The van der Waals surface area contributed by atoms with Gasteiger partial charge in [-0.05, 0) is 32.0 Å². The Morgan fingerprint density at radius 3 is 2.55 bits per heavy atom. The molecule has 0 amide bonds. The number of fused-ring (bicyclic) bond motifs is 1. The van der Waals surface area contributed by atoms with Crippen molar-refractivity contribution in [2.75, 3.05) is 0 Å². The van der Waals surface area contributed by atoms with Crippen LogP contribution in [0.1, 0.15) is 28.7 Å². The number of hydrogen-bond donors (Lipinski definition) is 0. The molecule has 0 saturated carbocycles. The largest absolute Gasteiger partial charge is 0.434 e. The van der Waals surface area contributed by atoms with E-state index in [1.807, 2.05) is 0 Å². The number of carbonyl (C=O) groups is 1. The Bertz CT molecular complexity index is 876. The molecule has 3 heterocycles. The second kappa shape index (κ2) is 4.69. The summed E-state index contributed by atoms with van der Waals surface area (Å²) >= 11 is 0. The Morgan fingerprint density at radius 1 is 1.18 bits per heavy atom.